The van der Waals surface area contributed by atoms with Crippen LogP contribution in [-0.2, 0) is 9.59 Å². The number of hydrogen-bond acceptors (Lipinski definition) is 4. The fraction of sp³-hybridized carbons (Fsp3) is 0.250. The number of carbonyl (C=O) groups excluding carboxylic acids is 2. The van der Waals surface area contributed by atoms with Crippen molar-refractivity contribution in [2.75, 3.05) is 18.5 Å². The molecule has 0 radical (unpaired) electrons. The number of aliphatic hydroxyl groups is 1. The standard InChI is InChI=1S/C16H17FN2O4/c1-10(9-20)8-18-15(21)16(22)19-13-7-11(4-5-12(13)17)14-3-2-6-23-14/h2-7,10,20H,8-9H2,1H3,(H,18,21)(H,19,22). The maximum absolute atomic E-state index is 13.8. The van der Waals surface area contributed by atoms with Gasteiger partial charge in [-0.05, 0) is 36.2 Å². The quantitative estimate of drug-likeness (QED) is 0.732. The van der Waals surface area contributed by atoms with Crippen LogP contribution >= 0.6 is 0 Å². The molecule has 122 valence electrons. The highest BCUT2D eigenvalue weighted by molar-refractivity contribution is 6.39. The Morgan fingerprint density at radius 2 is 2.09 bits per heavy atom. The first-order chi connectivity index (χ1) is 11.0. The predicted molar refractivity (Wildman–Crippen MR) is 82.0 cm³/mol. The highest BCUT2D eigenvalue weighted by Gasteiger charge is 2.17. The summed E-state index contributed by atoms with van der Waals surface area (Å²) in [6.45, 7) is 1.75. The molecule has 3 N–H and O–H groups in total. The smallest absolute Gasteiger partial charge is 0.313 e. The van der Waals surface area contributed by atoms with Crippen molar-refractivity contribution in [3.8, 4) is 11.3 Å². The van der Waals surface area contributed by atoms with Crippen molar-refractivity contribution in [1.29, 1.82) is 0 Å². The minimum Gasteiger partial charge on any atom is -0.464 e. The molecule has 0 bridgehead atoms. The van der Waals surface area contributed by atoms with Crippen LogP contribution in [0.4, 0.5) is 10.1 Å². The van der Waals surface area contributed by atoms with E-state index in [-0.39, 0.29) is 24.8 Å². The van der Waals surface area contributed by atoms with E-state index in [4.69, 9.17) is 9.52 Å². The van der Waals surface area contributed by atoms with Gasteiger partial charge in [-0.15, -0.1) is 0 Å². The Morgan fingerprint density at radius 1 is 1.30 bits per heavy atom. The van der Waals surface area contributed by atoms with Gasteiger partial charge in [0.05, 0.1) is 12.0 Å². The van der Waals surface area contributed by atoms with Gasteiger partial charge in [-0.25, -0.2) is 4.39 Å². The van der Waals surface area contributed by atoms with Crippen molar-refractivity contribution < 1.29 is 23.5 Å². The average molecular weight is 320 g/mol. The van der Waals surface area contributed by atoms with Gasteiger partial charge in [-0.1, -0.05) is 6.92 Å². The van der Waals surface area contributed by atoms with E-state index in [2.05, 4.69) is 10.6 Å². The van der Waals surface area contributed by atoms with E-state index >= 15 is 0 Å². The zero-order valence-electron chi connectivity index (χ0n) is 12.5. The summed E-state index contributed by atoms with van der Waals surface area (Å²) in [5.41, 5.74) is 0.454. The number of carbonyl (C=O) groups is 2. The van der Waals surface area contributed by atoms with Crippen LogP contribution in [0.15, 0.2) is 41.0 Å². The van der Waals surface area contributed by atoms with E-state index < -0.39 is 17.6 Å². The molecular weight excluding hydrogens is 303 g/mol. The summed E-state index contributed by atoms with van der Waals surface area (Å²) in [7, 11) is 0. The second-order valence-electron chi connectivity index (χ2n) is 5.12. The summed E-state index contributed by atoms with van der Waals surface area (Å²) in [5, 5.41) is 13.5. The van der Waals surface area contributed by atoms with Crippen LogP contribution in [0.5, 0.6) is 0 Å². The van der Waals surface area contributed by atoms with Gasteiger partial charge in [0.1, 0.15) is 11.6 Å². The molecule has 0 aliphatic heterocycles. The number of furan rings is 1. The number of aliphatic hydroxyl groups excluding tert-OH is 1. The van der Waals surface area contributed by atoms with Gasteiger partial charge in [0, 0.05) is 18.7 Å². The van der Waals surface area contributed by atoms with Gasteiger partial charge in [-0.2, -0.15) is 0 Å². The number of amides is 2. The Hall–Kier alpha value is -2.67. The third-order valence-corrected chi connectivity index (χ3v) is 3.15. The highest BCUT2D eigenvalue weighted by atomic mass is 19.1. The van der Waals surface area contributed by atoms with Crippen LogP contribution in [0.2, 0.25) is 0 Å². The zero-order valence-corrected chi connectivity index (χ0v) is 12.5. The number of rotatable bonds is 5. The summed E-state index contributed by atoms with van der Waals surface area (Å²) in [6.07, 6.45) is 1.48. The first kappa shape index (κ1) is 16.7. The molecule has 0 aliphatic rings. The third-order valence-electron chi connectivity index (χ3n) is 3.15. The van der Waals surface area contributed by atoms with Crippen LogP contribution in [-0.4, -0.2) is 30.1 Å². The summed E-state index contributed by atoms with van der Waals surface area (Å²) in [5.74, 6) is -2.20. The molecule has 2 rings (SSSR count). The van der Waals surface area contributed by atoms with E-state index in [1.54, 1.807) is 19.1 Å². The van der Waals surface area contributed by atoms with E-state index in [9.17, 15) is 14.0 Å². The first-order valence-electron chi connectivity index (χ1n) is 7.04. The lowest BCUT2D eigenvalue weighted by atomic mass is 10.1. The molecular formula is C16H17FN2O4. The summed E-state index contributed by atoms with van der Waals surface area (Å²) in [4.78, 5) is 23.4. The molecule has 1 aromatic carbocycles. The largest absolute Gasteiger partial charge is 0.464 e. The molecule has 0 saturated heterocycles. The molecule has 7 heteroatoms. The second-order valence-corrected chi connectivity index (χ2v) is 5.12. The lowest BCUT2D eigenvalue weighted by Crippen LogP contribution is -2.38. The summed E-state index contributed by atoms with van der Waals surface area (Å²) in [6, 6.07) is 7.45. The first-order valence-corrected chi connectivity index (χ1v) is 7.04. The Bertz CT molecular complexity index is 685. The lowest BCUT2D eigenvalue weighted by molar-refractivity contribution is -0.136. The Morgan fingerprint density at radius 3 is 2.74 bits per heavy atom. The zero-order chi connectivity index (χ0) is 16.8. The molecule has 1 unspecified atom stereocenters. The molecule has 6 nitrogen and oxygen atoms in total. The van der Waals surface area contributed by atoms with Crippen LogP contribution in [0.1, 0.15) is 6.92 Å². The molecule has 1 heterocycles. The van der Waals surface area contributed by atoms with Crippen LogP contribution in [0, 0.1) is 11.7 Å². The minimum absolute atomic E-state index is 0.109. The summed E-state index contributed by atoms with van der Waals surface area (Å²) >= 11 is 0. The monoisotopic (exact) mass is 320 g/mol. The maximum atomic E-state index is 13.8. The Kier molecular flexibility index (Phi) is 5.48. The van der Waals surface area contributed by atoms with E-state index in [1.807, 2.05) is 0 Å². The van der Waals surface area contributed by atoms with E-state index in [1.165, 1.54) is 24.5 Å². The fourth-order valence-corrected chi connectivity index (χ4v) is 1.81. The predicted octanol–water partition coefficient (Wildman–Crippen LogP) is 1.77. The number of anilines is 1. The average Bonchev–Trinajstić information content (AvgIpc) is 3.08. The lowest BCUT2D eigenvalue weighted by Gasteiger charge is -2.10. The van der Waals surface area contributed by atoms with E-state index in [0.29, 0.717) is 11.3 Å². The molecule has 0 spiro atoms. The molecule has 1 aromatic heterocycles. The van der Waals surface area contributed by atoms with Gasteiger partial charge in [0.15, 0.2) is 0 Å². The van der Waals surface area contributed by atoms with Gasteiger partial charge >= 0.3 is 11.8 Å². The van der Waals surface area contributed by atoms with Crippen molar-refractivity contribution in [3.05, 3.63) is 42.4 Å². The van der Waals surface area contributed by atoms with Crippen molar-refractivity contribution >= 4 is 17.5 Å². The van der Waals surface area contributed by atoms with Crippen molar-refractivity contribution in [3.63, 3.8) is 0 Å². The number of hydrogen-bond donors (Lipinski definition) is 3. The third kappa shape index (κ3) is 4.40. The second kappa shape index (κ2) is 7.55. The number of nitrogens with one attached hydrogen (secondary N) is 2. The van der Waals surface area contributed by atoms with Crippen molar-refractivity contribution in [1.82, 2.24) is 5.32 Å². The molecule has 23 heavy (non-hydrogen) atoms. The molecule has 0 fully saturated rings. The van der Waals surface area contributed by atoms with Gasteiger partial charge in [-0.3, -0.25) is 9.59 Å². The molecule has 1 atom stereocenters. The van der Waals surface area contributed by atoms with Crippen molar-refractivity contribution in [2.45, 2.75) is 6.92 Å². The SMILES string of the molecule is CC(CO)CNC(=O)C(=O)Nc1cc(-c2ccco2)ccc1F. The number of halogens is 1. The normalized spacial score (nSPS) is 11.8. The van der Waals surface area contributed by atoms with Gasteiger partial charge in [0.25, 0.3) is 0 Å². The van der Waals surface area contributed by atoms with Crippen LogP contribution < -0.4 is 10.6 Å². The molecule has 0 aliphatic carbocycles. The topological polar surface area (TPSA) is 91.6 Å². The van der Waals surface area contributed by atoms with Crippen LogP contribution in [0.3, 0.4) is 0 Å². The van der Waals surface area contributed by atoms with Gasteiger partial charge < -0.3 is 20.2 Å². The van der Waals surface area contributed by atoms with Crippen molar-refractivity contribution in [2.24, 2.45) is 5.92 Å². The Balaban J connectivity index is 2.05. The summed E-state index contributed by atoms with van der Waals surface area (Å²) < 4.78 is 19.0. The fourth-order valence-electron chi connectivity index (χ4n) is 1.81. The van der Waals surface area contributed by atoms with Crippen LogP contribution in [0.25, 0.3) is 11.3 Å². The maximum Gasteiger partial charge on any atom is 0.313 e. The Labute approximate surface area is 132 Å². The number of benzene rings is 1. The van der Waals surface area contributed by atoms with E-state index in [0.717, 1.165) is 0 Å². The molecule has 0 saturated carbocycles. The molecule has 2 amide bonds. The highest BCUT2D eigenvalue weighted by Crippen LogP contribution is 2.25. The van der Waals surface area contributed by atoms with Gasteiger partial charge in [0.2, 0.25) is 0 Å². The minimum atomic E-state index is -0.981. The molecule has 2 aromatic rings.